The molecule has 0 unspecified atom stereocenters. The van der Waals surface area contributed by atoms with E-state index in [0.717, 1.165) is 11.1 Å². The van der Waals surface area contributed by atoms with E-state index in [4.69, 9.17) is 5.11 Å². The molecule has 0 aliphatic carbocycles. The van der Waals surface area contributed by atoms with Crippen LogP contribution in [0.5, 0.6) is 0 Å². The third-order valence-electron chi connectivity index (χ3n) is 2.68. The van der Waals surface area contributed by atoms with Crippen LogP contribution in [0.3, 0.4) is 0 Å². The molecule has 0 radical (unpaired) electrons. The molecular weight excluding hydrogens is 212 g/mol. The number of benzene rings is 1. The number of fused-ring (bicyclic) bond motifs is 1. The van der Waals surface area contributed by atoms with Crippen LogP contribution in [0.15, 0.2) is 18.2 Å². The zero-order valence-corrected chi connectivity index (χ0v) is 8.42. The van der Waals surface area contributed by atoms with Gasteiger partial charge in [0.1, 0.15) is 0 Å². The molecule has 0 saturated heterocycles. The summed E-state index contributed by atoms with van der Waals surface area (Å²) in [7, 11) is 0. The summed E-state index contributed by atoms with van der Waals surface area (Å²) in [6, 6.07) is 4.60. The summed E-state index contributed by atoms with van der Waals surface area (Å²) >= 11 is 0. The Kier molecular flexibility index (Phi) is 2.47. The van der Waals surface area contributed by atoms with E-state index in [-0.39, 0.29) is 12.2 Å². The second kappa shape index (κ2) is 3.80. The molecule has 0 fully saturated rings. The van der Waals surface area contributed by atoms with Gasteiger partial charge < -0.3 is 10.0 Å². The van der Waals surface area contributed by atoms with Crippen LogP contribution in [-0.4, -0.2) is 27.6 Å². The molecule has 1 aromatic carbocycles. The number of nitro benzene ring substituents is 1. The molecule has 1 aliphatic rings. The van der Waals surface area contributed by atoms with E-state index in [2.05, 4.69) is 0 Å². The minimum atomic E-state index is -0.989. The van der Waals surface area contributed by atoms with Crippen molar-refractivity contribution in [1.82, 2.24) is 4.90 Å². The van der Waals surface area contributed by atoms with E-state index in [1.54, 1.807) is 6.07 Å². The molecule has 1 aromatic rings. The Morgan fingerprint density at radius 3 is 2.81 bits per heavy atom. The summed E-state index contributed by atoms with van der Waals surface area (Å²) in [6.45, 7) is 0.673. The molecule has 0 saturated carbocycles. The second-order valence-corrected chi connectivity index (χ2v) is 3.66. The average molecular weight is 222 g/mol. The molecule has 0 spiro atoms. The van der Waals surface area contributed by atoms with Crippen LogP contribution in [0.25, 0.3) is 0 Å². The predicted octanol–water partition coefficient (Wildman–Crippen LogP) is 1.63. The highest BCUT2D eigenvalue weighted by Gasteiger charge is 2.21. The highest BCUT2D eigenvalue weighted by molar-refractivity contribution is 5.65. The molecule has 16 heavy (non-hydrogen) atoms. The zero-order valence-electron chi connectivity index (χ0n) is 8.42. The number of non-ortho nitro benzene ring substituents is 1. The van der Waals surface area contributed by atoms with Gasteiger partial charge in [-0.05, 0) is 17.5 Å². The molecule has 1 N–H and O–H groups in total. The molecule has 0 atom stereocenters. The summed E-state index contributed by atoms with van der Waals surface area (Å²) in [4.78, 5) is 22.1. The lowest BCUT2D eigenvalue weighted by Gasteiger charge is -2.25. The van der Waals surface area contributed by atoms with Crippen molar-refractivity contribution in [3.63, 3.8) is 0 Å². The molecule has 1 amide bonds. The van der Waals surface area contributed by atoms with Gasteiger partial charge in [0.15, 0.2) is 0 Å². The summed E-state index contributed by atoms with van der Waals surface area (Å²) in [5.74, 6) is 0. The summed E-state index contributed by atoms with van der Waals surface area (Å²) in [5, 5.41) is 19.4. The normalized spacial score (nSPS) is 14.4. The third-order valence-corrected chi connectivity index (χ3v) is 2.68. The van der Waals surface area contributed by atoms with Gasteiger partial charge in [-0.15, -0.1) is 0 Å². The fourth-order valence-corrected chi connectivity index (χ4v) is 1.82. The smallest absolute Gasteiger partial charge is 0.407 e. The first-order valence-electron chi connectivity index (χ1n) is 4.82. The fourth-order valence-electron chi connectivity index (χ4n) is 1.82. The van der Waals surface area contributed by atoms with Crippen LogP contribution in [-0.2, 0) is 13.0 Å². The van der Waals surface area contributed by atoms with Crippen LogP contribution in [0.4, 0.5) is 10.5 Å². The van der Waals surface area contributed by atoms with Crippen molar-refractivity contribution in [2.75, 3.05) is 6.54 Å². The lowest BCUT2D eigenvalue weighted by molar-refractivity contribution is -0.385. The van der Waals surface area contributed by atoms with Crippen molar-refractivity contribution in [1.29, 1.82) is 0 Å². The number of hydrogen-bond donors (Lipinski definition) is 1. The Bertz CT molecular complexity index is 458. The van der Waals surface area contributed by atoms with E-state index < -0.39 is 11.0 Å². The first kappa shape index (κ1) is 10.4. The Morgan fingerprint density at radius 1 is 1.44 bits per heavy atom. The third kappa shape index (κ3) is 1.81. The van der Waals surface area contributed by atoms with Gasteiger partial charge in [-0.1, -0.05) is 6.07 Å². The number of carboxylic acid groups (broad SMARTS) is 1. The lowest BCUT2D eigenvalue weighted by atomic mass is 9.99. The van der Waals surface area contributed by atoms with Crippen LogP contribution in [0.2, 0.25) is 0 Å². The number of rotatable bonds is 1. The van der Waals surface area contributed by atoms with Gasteiger partial charge in [-0.25, -0.2) is 4.79 Å². The van der Waals surface area contributed by atoms with Crippen molar-refractivity contribution in [3.8, 4) is 0 Å². The number of nitro groups is 1. The van der Waals surface area contributed by atoms with Crippen LogP contribution in [0, 0.1) is 10.1 Å². The Hall–Kier alpha value is -2.11. The average Bonchev–Trinajstić information content (AvgIpc) is 2.27. The Balaban J connectivity index is 2.32. The SMILES string of the molecule is O=C(O)N1CCc2ccc([N+](=O)[O-])cc2C1. The first-order valence-corrected chi connectivity index (χ1v) is 4.82. The van der Waals surface area contributed by atoms with Gasteiger partial charge in [0, 0.05) is 25.2 Å². The zero-order chi connectivity index (χ0) is 11.7. The van der Waals surface area contributed by atoms with E-state index in [1.165, 1.54) is 17.0 Å². The Morgan fingerprint density at radius 2 is 2.19 bits per heavy atom. The van der Waals surface area contributed by atoms with Crippen molar-refractivity contribution < 1.29 is 14.8 Å². The van der Waals surface area contributed by atoms with Gasteiger partial charge >= 0.3 is 6.09 Å². The Labute approximate surface area is 91.3 Å². The lowest BCUT2D eigenvalue weighted by Crippen LogP contribution is -2.34. The topological polar surface area (TPSA) is 83.7 Å². The number of hydrogen-bond acceptors (Lipinski definition) is 3. The fraction of sp³-hybridized carbons (Fsp3) is 0.300. The molecule has 6 nitrogen and oxygen atoms in total. The standard InChI is InChI=1S/C10H10N2O4/c13-10(14)11-4-3-7-1-2-9(12(15)16)5-8(7)6-11/h1-2,5H,3-4,6H2,(H,13,14). The van der Waals surface area contributed by atoms with Crippen molar-refractivity contribution >= 4 is 11.8 Å². The molecule has 0 bridgehead atoms. The summed E-state index contributed by atoms with van der Waals surface area (Å²) in [5.41, 5.74) is 1.72. The molecule has 0 aromatic heterocycles. The van der Waals surface area contributed by atoms with E-state index in [9.17, 15) is 14.9 Å². The maximum atomic E-state index is 10.8. The quantitative estimate of drug-likeness (QED) is 0.578. The van der Waals surface area contributed by atoms with Gasteiger partial charge in [-0.2, -0.15) is 0 Å². The monoisotopic (exact) mass is 222 g/mol. The number of amides is 1. The molecule has 1 aliphatic heterocycles. The van der Waals surface area contributed by atoms with Crippen LogP contribution in [0.1, 0.15) is 11.1 Å². The molecule has 2 rings (SSSR count). The van der Waals surface area contributed by atoms with Crippen LogP contribution < -0.4 is 0 Å². The molecule has 84 valence electrons. The van der Waals surface area contributed by atoms with Crippen molar-refractivity contribution in [2.24, 2.45) is 0 Å². The largest absolute Gasteiger partial charge is 0.465 e. The van der Waals surface area contributed by atoms with Gasteiger partial charge in [0.2, 0.25) is 0 Å². The molecule has 6 heteroatoms. The highest BCUT2D eigenvalue weighted by atomic mass is 16.6. The van der Waals surface area contributed by atoms with Crippen molar-refractivity contribution in [3.05, 3.63) is 39.4 Å². The van der Waals surface area contributed by atoms with Crippen molar-refractivity contribution in [2.45, 2.75) is 13.0 Å². The number of carbonyl (C=O) groups is 1. The van der Waals surface area contributed by atoms with Gasteiger partial charge in [0.05, 0.1) is 4.92 Å². The first-order chi connectivity index (χ1) is 7.58. The molecular formula is C10H10N2O4. The predicted molar refractivity (Wildman–Crippen MR) is 55.2 cm³/mol. The van der Waals surface area contributed by atoms with E-state index >= 15 is 0 Å². The van der Waals surface area contributed by atoms with E-state index in [0.29, 0.717) is 13.0 Å². The minimum Gasteiger partial charge on any atom is -0.465 e. The highest BCUT2D eigenvalue weighted by Crippen LogP contribution is 2.23. The maximum Gasteiger partial charge on any atom is 0.407 e. The van der Waals surface area contributed by atoms with Gasteiger partial charge in [0.25, 0.3) is 5.69 Å². The second-order valence-electron chi connectivity index (χ2n) is 3.66. The summed E-state index contributed by atoms with van der Waals surface area (Å²) in [6.07, 6.45) is -0.378. The maximum absolute atomic E-state index is 10.8. The molecule has 1 heterocycles. The van der Waals surface area contributed by atoms with Gasteiger partial charge in [-0.3, -0.25) is 10.1 Å². The number of nitrogens with zero attached hydrogens (tertiary/aromatic N) is 2. The van der Waals surface area contributed by atoms with E-state index in [1.807, 2.05) is 0 Å². The summed E-state index contributed by atoms with van der Waals surface area (Å²) < 4.78 is 0. The van der Waals surface area contributed by atoms with Crippen LogP contribution >= 0.6 is 0 Å². The minimum absolute atomic E-state index is 0.00555.